The predicted molar refractivity (Wildman–Crippen MR) is 124 cm³/mol. The Morgan fingerprint density at radius 3 is 2.28 bits per heavy atom. The topological polar surface area (TPSA) is 70.5 Å². The number of nitrogens with zero attached hydrogens (tertiary/aromatic N) is 4. The molecule has 3 aromatic rings. The first-order chi connectivity index (χ1) is 15.3. The summed E-state index contributed by atoms with van der Waals surface area (Å²) in [5.41, 5.74) is 3.35. The maximum absolute atomic E-state index is 12.4. The van der Waals surface area contributed by atoms with Gasteiger partial charge in [0.05, 0.1) is 11.4 Å². The van der Waals surface area contributed by atoms with Crippen molar-refractivity contribution in [3.63, 3.8) is 0 Å². The van der Waals surface area contributed by atoms with Crippen molar-refractivity contribution in [3.8, 4) is 16.9 Å². The van der Waals surface area contributed by atoms with Gasteiger partial charge in [-0.15, -0.1) is 0 Å². The molecule has 0 bridgehead atoms. The van der Waals surface area contributed by atoms with Crippen LogP contribution in [0.15, 0.2) is 66.9 Å². The van der Waals surface area contributed by atoms with Gasteiger partial charge in [0, 0.05) is 30.4 Å². The number of hydrogen-bond acceptors (Lipinski definition) is 4. The van der Waals surface area contributed by atoms with Gasteiger partial charge in [-0.25, -0.2) is 9.48 Å². The number of para-hydroxylation sites is 1. The average molecular weight is 432 g/mol. The van der Waals surface area contributed by atoms with Gasteiger partial charge in [-0.05, 0) is 46.0 Å². The summed E-state index contributed by atoms with van der Waals surface area (Å²) in [7, 11) is 2.05. The van der Waals surface area contributed by atoms with E-state index in [9.17, 15) is 9.59 Å². The summed E-state index contributed by atoms with van der Waals surface area (Å²) in [4.78, 5) is 27.9. The minimum atomic E-state index is -0.820. The molecule has 1 aliphatic heterocycles. The van der Waals surface area contributed by atoms with Gasteiger partial charge < -0.3 is 10.2 Å². The first kappa shape index (κ1) is 21.8. The Hall–Kier alpha value is -3.45. The van der Waals surface area contributed by atoms with Crippen molar-refractivity contribution in [3.05, 3.63) is 72.4 Å². The molecule has 3 amide bonds. The average Bonchev–Trinajstić information content (AvgIpc) is 3.28. The molecule has 1 fully saturated rings. The van der Waals surface area contributed by atoms with E-state index in [-0.39, 0.29) is 11.9 Å². The Morgan fingerprint density at radius 1 is 1.00 bits per heavy atom. The van der Waals surface area contributed by atoms with Crippen molar-refractivity contribution < 1.29 is 9.59 Å². The largest absolute Gasteiger partial charge is 0.325 e. The fourth-order valence-corrected chi connectivity index (χ4v) is 3.97. The number of nitrogens with one attached hydrogen (secondary N) is 1. The molecular formula is C25H29N5O2. The molecule has 4 rings (SSSR count). The van der Waals surface area contributed by atoms with Crippen LogP contribution in [0.5, 0.6) is 0 Å². The summed E-state index contributed by atoms with van der Waals surface area (Å²) in [6.07, 6.45) is 2.79. The SMILES string of the molecule is CN(CCCN1C(=O)NC(C)(C)C1=O)Cc1cn(-c2ccccc2)nc1-c1ccccc1. The second-order valence-electron chi connectivity index (χ2n) is 8.75. The fourth-order valence-electron chi connectivity index (χ4n) is 3.97. The molecule has 1 N–H and O–H groups in total. The van der Waals surface area contributed by atoms with Gasteiger partial charge in [0.15, 0.2) is 0 Å². The van der Waals surface area contributed by atoms with E-state index in [1.165, 1.54) is 4.90 Å². The Kier molecular flexibility index (Phi) is 6.10. The molecule has 1 aromatic heterocycles. The molecule has 0 spiro atoms. The smallest absolute Gasteiger partial charge is 0.324 e. The zero-order valence-corrected chi connectivity index (χ0v) is 18.8. The van der Waals surface area contributed by atoms with Crippen LogP contribution < -0.4 is 5.32 Å². The fraction of sp³-hybridized carbons (Fsp3) is 0.320. The predicted octanol–water partition coefficient (Wildman–Crippen LogP) is 3.69. The van der Waals surface area contributed by atoms with Crippen LogP contribution in [0, 0.1) is 0 Å². The van der Waals surface area contributed by atoms with E-state index < -0.39 is 5.54 Å². The van der Waals surface area contributed by atoms with Crippen LogP contribution in [0.3, 0.4) is 0 Å². The van der Waals surface area contributed by atoms with Crippen LogP contribution in [0.4, 0.5) is 4.79 Å². The lowest BCUT2D eigenvalue weighted by Gasteiger charge is -2.19. The normalized spacial score (nSPS) is 15.4. The van der Waals surface area contributed by atoms with Crippen molar-refractivity contribution in [2.24, 2.45) is 0 Å². The van der Waals surface area contributed by atoms with Gasteiger partial charge in [0.1, 0.15) is 5.54 Å². The molecule has 0 saturated carbocycles. The minimum absolute atomic E-state index is 0.166. The van der Waals surface area contributed by atoms with Gasteiger partial charge in [-0.1, -0.05) is 48.5 Å². The van der Waals surface area contributed by atoms with Gasteiger partial charge >= 0.3 is 6.03 Å². The lowest BCUT2D eigenvalue weighted by molar-refractivity contribution is -0.130. The molecule has 1 saturated heterocycles. The molecule has 2 aromatic carbocycles. The van der Waals surface area contributed by atoms with E-state index in [0.29, 0.717) is 19.5 Å². The lowest BCUT2D eigenvalue weighted by atomic mass is 10.1. The van der Waals surface area contributed by atoms with E-state index >= 15 is 0 Å². The summed E-state index contributed by atoms with van der Waals surface area (Å²) in [5, 5.41) is 7.59. The number of carbonyl (C=O) groups is 2. The highest BCUT2D eigenvalue weighted by Crippen LogP contribution is 2.25. The number of urea groups is 1. The first-order valence-electron chi connectivity index (χ1n) is 10.9. The van der Waals surface area contributed by atoms with Gasteiger partial charge in [0.25, 0.3) is 5.91 Å². The molecule has 7 heteroatoms. The van der Waals surface area contributed by atoms with E-state index in [1.807, 2.05) is 60.3 Å². The highest BCUT2D eigenvalue weighted by atomic mass is 16.2. The lowest BCUT2D eigenvalue weighted by Crippen LogP contribution is -2.40. The monoisotopic (exact) mass is 431 g/mol. The maximum atomic E-state index is 12.4. The van der Waals surface area contributed by atoms with Crippen molar-refractivity contribution in [1.29, 1.82) is 0 Å². The Bertz CT molecular complexity index is 1090. The van der Waals surface area contributed by atoms with Gasteiger partial charge in [-0.2, -0.15) is 5.10 Å². The van der Waals surface area contributed by atoms with Crippen LogP contribution >= 0.6 is 0 Å². The Morgan fingerprint density at radius 2 is 1.66 bits per heavy atom. The van der Waals surface area contributed by atoms with Gasteiger partial charge in [0.2, 0.25) is 0 Å². The van der Waals surface area contributed by atoms with Crippen molar-refractivity contribution >= 4 is 11.9 Å². The zero-order valence-electron chi connectivity index (χ0n) is 18.8. The number of hydrogen-bond donors (Lipinski definition) is 1. The number of imide groups is 1. The van der Waals surface area contributed by atoms with E-state index in [4.69, 9.17) is 5.10 Å². The van der Waals surface area contributed by atoms with Crippen LogP contribution in [0.1, 0.15) is 25.8 Å². The molecule has 0 aliphatic carbocycles. The van der Waals surface area contributed by atoms with Crippen molar-refractivity contribution in [2.45, 2.75) is 32.4 Å². The Balaban J connectivity index is 1.45. The van der Waals surface area contributed by atoms with Crippen LogP contribution in [0.25, 0.3) is 16.9 Å². The van der Waals surface area contributed by atoms with Crippen LogP contribution in [-0.2, 0) is 11.3 Å². The molecule has 7 nitrogen and oxygen atoms in total. The number of benzene rings is 2. The summed E-state index contributed by atoms with van der Waals surface area (Å²) >= 11 is 0. The summed E-state index contributed by atoms with van der Waals surface area (Å²) in [6, 6.07) is 19.9. The standard InChI is InChI=1S/C25H29N5O2/c1-25(2)23(31)29(24(32)26-25)16-10-15-28(3)17-20-18-30(21-13-8-5-9-14-21)27-22(20)19-11-6-4-7-12-19/h4-9,11-14,18H,10,15-17H2,1-3H3,(H,26,32). The quantitative estimate of drug-likeness (QED) is 0.552. The maximum Gasteiger partial charge on any atom is 0.325 e. The third-order valence-corrected chi connectivity index (χ3v) is 5.66. The second-order valence-corrected chi connectivity index (χ2v) is 8.75. The van der Waals surface area contributed by atoms with Crippen LogP contribution in [0.2, 0.25) is 0 Å². The minimum Gasteiger partial charge on any atom is -0.324 e. The molecule has 2 heterocycles. The molecule has 0 unspecified atom stereocenters. The summed E-state index contributed by atoms with van der Waals surface area (Å²) < 4.78 is 1.92. The van der Waals surface area contributed by atoms with E-state index in [1.54, 1.807) is 13.8 Å². The van der Waals surface area contributed by atoms with E-state index in [0.717, 1.165) is 29.1 Å². The van der Waals surface area contributed by atoms with Crippen molar-refractivity contribution in [2.75, 3.05) is 20.1 Å². The molecule has 0 atom stereocenters. The third kappa shape index (κ3) is 4.57. The number of rotatable bonds is 8. The third-order valence-electron chi connectivity index (χ3n) is 5.66. The number of aromatic nitrogens is 2. The zero-order chi connectivity index (χ0) is 22.7. The summed E-state index contributed by atoms with van der Waals surface area (Å²) in [6.45, 7) is 5.34. The molecular weight excluding hydrogens is 402 g/mol. The Labute approximate surface area is 188 Å². The number of amides is 3. The molecule has 1 aliphatic rings. The number of carbonyl (C=O) groups excluding carboxylic acids is 2. The molecule has 0 radical (unpaired) electrons. The molecule has 166 valence electrons. The van der Waals surface area contributed by atoms with Crippen LogP contribution in [-0.4, -0.2) is 57.2 Å². The summed E-state index contributed by atoms with van der Waals surface area (Å²) in [5.74, 6) is -0.166. The van der Waals surface area contributed by atoms with Gasteiger partial charge in [-0.3, -0.25) is 9.69 Å². The highest BCUT2D eigenvalue weighted by Gasteiger charge is 2.43. The van der Waals surface area contributed by atoms with E-state index in [2.05, 4.69) is 28.5 Å². The second kappa shape index (κ2) is 8.96. The van der Waals surface area contributed by atoms with Crippen molar-refractivity contribution in [1.82, 2.24) is 24.9 Å². The highest BCUT2D eigenvalue weighted by molar-refractivity contribution is 6.06. The molecule has 32 heavy (non-hydrogen) atoms. The first-order valence-corrected chi connectivity index (χ1v) is 10.9.